The van der Waals surface area contributed by atoms with E-state index >= 15 is 0 Å². The number of hydrogen-bond donors (Lipinski definition) is 0. The van der Waals surface area contributed by atoms with E-state index in [1.54, 1.807) is 12.1 Å². The number of benzene rings is 1. The SMILES string of the molecule is COC(=O)c1c(S(=O)(=O)N(C)CC(C)C)sc2c1CCN(Cc1cc(OC)ccc1F)C2. The molecule has 0 aliphatic carbocycles. The van der Waals surface area contributed by atoms with Crippen LogP contribution >= 0.6 is 11.3 Å². The number of fused-ring (bicyclic) bond motifs is 1. The van der Waals surface area contributed by atoms with Crippen LogP contribution in [0.25, 0.3) is 0 Å². The van der Waals surface area contributed by atoms with Gasteiger partial charge in [-0.3, -0.25) is 4.90 Å². The molecular weight excluding hydrogens is 455 g/mol. The highest BCUT2D eigenvalue weighted by atomic mass is 32.2. The fourth-order valence-corrected chi connectivity index (χ4v) is 7.30. The minimum atomic E-state index is -3.85. The zero-order valence-corrected chi connectivity index (χ0v) is 20.6. The van der Waals surface area contributed by atoms with E-state index in [9.17, 15) is 17.6 Å². The summed E-state index contributed by atoms with van der Waals surface area (Å²) in [6, 6.07) is 4.61. The smallest absolute Gasteiger partial charge is 0.340 e. The molecule has 0 fully saturated rings. The highest BCUT2D eigenvalue weighted by Crippen LogP contribution is 2.38. The van der Waals surface area contributed by atoms with Crippen molar-refractivity contribution in [2.24, 2.45) is 5.92 Å². The minimum absolute atomic E-state index is 0.0203. The normalized spacial score (nSPS) is 14.6. The largest absolute Gasteiger partial charge is 0.497 e. The van der Waals surface area contributed by atoms with Crippen LogP contribution in [-0.4, -0.2) is 57.9 Å². The third kappa shape index (κ3) is 4.98. The molecule has 2 heterocycles. The first kappa shape index (κ1) is 24.6. The molecule has 7 nitrogen and oxygen atoms in total. The van der Waals surface area contributed by atoms with Gasteiger partial charge >= 0.3 is 5.97 Å². The number of ether oxygens (including phenoxy) is 2. The average molecular weight is 485 g/mol. The number of sulfonamides is 1. The topological polar surface area (TPSA) is 76.2 Å². The van der Waals surface area contributed by atoms with E-state index in [-0.39, 0.29) is 21.5 Å². The summed E-state index contributed by atoms with van der Waals surface area (Å²) in [5.41, 5.74) is 1.35. The fourth-order valence-electron chi connectivity index (χ4n) is 3.85. The standard InChI is InChI=1S/C22H29FN2O5S2/c1-14(2)11-24(3)32(27,28)22-20(21(26)30-5)17-8-9-25(13-19(17)31-22)12-15-10-16(29-4)6-7-18(15)23/h6-7,10,14H,8-9,11-13H2,1-5H3. The summed E-state index contributed by atoms with van der Waals surface area (Å²) in [5, 5.41) is 0. The Bertz CT molecular complexity index is 1100. The van der Waals surface area contributed by atoms with Gasteiger partial charge in [0.15, 0.2) is 0 Å². The fraction of sp³-hybridized carbons (Fsp3) is 0.500. The molecule has 10 heteroatoms. The number of hydrogen-bond acceptors (Lipinski definition) is 7. The predicted octanol–water partition coefficient (Wildman–Crippen LogP) is 3.52. The summed E-state index contributed by atoms with van der Waals surface area (Å²) in [5.74, 6) is -0.258. The molecule has 0 atom stereocenters. The molecule has 176 valence electrons. The van der Waals surface area contributed by atoms with Gasteiger partial charge in [0, 0.05) is 43.7 Å². The van der Waals surface area contributed by atoms with Gasteiger partial charge in [0.25, 0.3) is 10.0 Å². The second-order valence-corrected chi connectivity index (χ2v) is 11.6. The highest BCUT2D eigenvalue weighted by molar-refractivity contribution is 7.91. The molecule has 0 saturated carbocycles. The second kappa shape index (κ2) is 9.86. The molecule has 32 heavy (non-hydrogen) atoms. The van der Waals surface area contributed by atoms with Gasteiger partial charge in [-0.15, -0.1) is 11.3 Å². The molecule has 0 saturated heterocycles. The Labute approximate surface area is 192 Å². The average Bonchev–Trinajstić information content (AvgIpc) is 3.13. The zero-order chi connectivity index (χ0) is 23.6. The first-order valence-electron chi connectivity index (χ1n) is 10.3. The van der Waals surface area contributed by atoms with Crippen LogP contribution in [0, 0.1) is 11.7 Å². The van der Waals surface area contributed by atoms with Gasteiger partial charge in [-0.1, -0.05) is 13.8 Å². The summed E-state index contributed by atoms with van der Waals surface area (Å²) >= 11 is 1.10. The van der Waals surface area contributed by atoms with E-state index in [4.69, 9.17) is 9.47 Å². The summed E-state index contributed by atoms with van der Waals surface area (Å²) in [7, 11) is 0.452. The summed E-state index contributed by atoms with van der Waals surface area (Å²) < 4.78 is 52.3. The Hall–Kier alpha value is -2.01. The maximum absolute atomic E-state index is 14.3. The van der Waals surface area contributed by atoms with Crippen LogP contribution in [0.15, 0.2) is 22.4 Å². The number of carbonyl (C=O) groups is 1. The minimum Gasteiger partial charge on any atom is -0.497 e. The summed E-state index contributed by atoms with van der Waals surface area (Å²) in [4.78, 5) is 15.4. The van der Waals surface area contributed by atoms with Crippen molar-refractivity contribution in [3.05, 3.63) is 45.6 Å². The van der Waals surface area contributed by atoms with Crippen LogP contribution in [0.1, 0.15) is 40.2 Å². The first-order chi connectivity index (χ1) is 15.1. The number of thiophene rings is 1. The van der Waals surface area contributed by atoms with Crippen molar-refractivity contribution in [1.82, 2.24) is 9.21 Å². The third-order valence-electron chi connectivity index (χ3n) is 5.41. The van der Waals surface area contributed by atoms with Crippen molar-refractivity contribution in [2.75, 3.05) is 34.4 Å². The molecule has 2 aromatic rings. The van der Waals surface area contributed by atoms with Gasteiger partial charge < -0.3 is 9.47 Å². The molecule has 1 aliphatic rings. The van der Waals surface area contributed by atoms with E-state index in [1.807, 2.05) is 18.7 Å². The van der Waals surface area contributed by atoms with Crippen LogP contribution in [0.2, 0.25) is 0 Å². The number of carbonyl (C=O) groups excluding carboxylic acids is 1. The lowest BCUT2D eigenvalue weighted by Gasteiger charge is -2.27. The van der Waals surface area contributed by atoms with E-state index in [0.29, 0.717) is 49.5 Å². The summed E-state index contributed by atoms with van der Waals surface area (Å²) in [6.07, 6.45) is 0.477. The second-order valence-electron chi connectivity index (χ2n) is 8.26. The number of nitrogens with zero attached hydrogens (tertiary/aromatic N) is 2. The van der Waals surface area contributed by atoms with Gasteiger partial charge in [-0.25, -0.2) is 17.6 Å². The quantitative estimate of drug-likeness (QED) is 0.534. The molecule has 0 radical (unpaired) electrons. The highest BCUT2D eigenvalue weighted by Gasteiger charge is 2.36. The van der Waals surface area contributed by atoms with Gasteiger partial charge in [-0.2, -0.15) is 4.31 Å². The van der Waals surface area contributed by atoms with Crippen molar-refractivity contribution >= 4 is 27.3 Å². The Kier molecular flexibility index (Phi) is 7.59. The van der Waals surface area contributed by atoms with Crippen molar-refractivity contribution < 1.29 is 27.1 Å². The monoisotopic (exact) mass is 484 g/mol. The lowest BCUT2D eigenvalue weighted by atomic mass is 10.0. The lowest BCUT2D eigenvalue weighted by molar-refractivity contribution is 0.0595. The summed E-state index contributed by atoms with van der Waals surface area (Å²) in [6.45, 7) is 5.54. The molecule has 0 unspecified atom stereocenters. The molecule has 0 spiro atoms. The van der Waals surface area contributed by atoms with Crippen molar-refractivity contribution in [1.29, 1.82) is 0 Å². The maximum Gasteiger partial charge on any atom is 0.340 e. The molecule has 3 rings (SSSR count). The van der Waals surface area contributed by atoms with Gasteiger partial charge in [0.2, 0.25) is 0 Å². The molecular formula is C22H29FN2O5S2. The molecule has 0 amide bonds. The molecule has 1 aromatic carbocycles. The maximum atomic E-state index is 14.3. The van der Waals surface area contributed by atoms with Crippen LogP contribution in [0.4, 0.5) is 4.39 Å². The molecule has 1 aromatic heterocycles. The van der Waals surface area contributed by atoms with E-state index in [1.165, 1.54) is 31.6 Å². The van der Waals surface area contributed by atoms with Gasteiger partial charge in [0.05, 0.1) is 19.8 Å². The van der Waals surface area contributed by atoms with E-state index < -0.39 is 16.0 Å². The molecule has 1 aliphatic heterocycles. The van der Waals surface area contributed by atoms with Crippen molar-refractivity contribution in [2.45, 2.75) is 37.6 Å². The Morgan fingerprint density at radius 3 is 2.66 bits per heavy atom. The number of esters is 1. The number of halogens is 1. The van der Waals surface area contributed by atoms with Crippen LogP contribution in [0.5, 0.6) is 5.75 Å². The van der Waals surface area contributed by atoms with Crippen LogP contribution in [-0.2, 0) is 34.3 Å². The Morgan fingerprint density at radius 2 is 2.03 bits per heavy atom. The van der Waals surface area contributed by atoms with Gasteiger partial charge in [0.1, 0.15) is 15.8 Å². The van der Waals surface area contributed by atoms with Crippen molar-refractivity contribution in [3.8, 4) is 5.75 Å². The molecule has 0 N–H and O–H groups in total. The predicted molar refractivity (Wildman–Crippen MR) is 121 cm³/mol. The number of methoxy groups -OCH3 is 2. The molecule has 0 bridgehead atoms. The third-order valence-corrected chi connectivity index (χ3v) is 8.94. The van der Waals surface area contributed by atoms with Crippen molar-refractivity contribution in [3.63, 3.8) is 0 Å². The number of rotatable bonds is 8. The Morgan fingerprint density at radius 1 is 1.31 bits per heavy atom. The van der Waals surface area contributed by atoms with Gasteiger partial charge in [-0.05, 0) is 36.1 Å². The first-order valence-corrected chi connectivity index (χ1v) is 12.6. The Balaban J connectivity index is 1.94. The lowest BCUT2D eigenvalue weighted by Crippen LogP contribution is -2.31. The van der Waals surface area contributed by atoms with Crippen LogP contribution < -0.4 is 4.74 Å². The van der Waals surface area contributed by atoms with E-state index in [2.05, 4.69) is 0 Å². The zero-order valence-electron chi connectivity index (χ0n) is 19.0. The van der Waals surface area contributed by atoms with Crippen LogP contribution in [0.3, 0.4) is 0 Å². The van der Waals surface area contributed by atoms with E-state index in [0.717, 1.165) is 16.2 Å².